The highest BCUT2D eigenvalue weighted by Crippen LogP contribution is 2.05. The molecule has 160 valence electrons. The number of guanidine groups is 1. The van der Waals surface area contributed by atoms with E-state index in [2.05, 4.69) is 53.2 Å². The van der Waals surface area contributed by atoms with E-state index in [0.29, 0.717) is 12.0 Å². The van der Waals surface area contributed by atoms with Gasteiger partial charge < -0.3 is 25.2 Å². The van der Waals surface area contributed by atoms with E-state index in [1.807, 2.05) is 0 Å². The SMILES string of the molecule is CCNC(=NCC(C)CN1CCN(C)CC1)NCC(C)N1CCOCC1.I. The number of ether oxygens (including phenoxy) is 1. The monoisotopic (exact) mass is 496 g/mol. The van der Waals surface area contributed by atoms with Crippen LogP contribution in [0.1, 0.15) is 20.8 Å². The van der Waals surface area contributed by atoms with Crippen LogP contribution in [-0.4, -0.2) is 112 Å². The zero-order valence-corrected chi connectivity index (χ0v) is 20.1. The molecule has 0 aromatic carbocycles. The lowest BCUT2D eigenvalue weighted by Gasteiger charge is -2.33. The Morgan fingerprint density at radius 3 is 2.33 bits per heavy atom. The highest BCUT2D eigenvalue weighted by molar-refractivity contribution is 14.0. The Bertz CT molecular complexity index is 411. The molecule has 2 aliphatic heterocycles. The molecule has 7 nitrogen and oxygen atoms in total. The van der Waals surface area contributed by atoms with Gasteiger partial charge in [-0.1, -0.05) is 6.92 Å². The fourth-order valence-electron chi connectivity index (χ4n) is 3.51. The maximum Gasteiger partial charge on any atom is 0.191 e. The minimum Gasteiger partial charge on any atom is -0.379 e. The highest BCUT2D eigenvalue weighted by Gasteiger charge is 2.18. The summed E-state index contributed by atoms with van der Waals surface area (Å²) >= 11 is 0. The number of nitrogens with zero attached hydrogens (tertiary/aromatic N) is 4. The zero-order chi connectivity index (χ0) is 18.8. The molecule has 8 heteroatoms. The Kier molecular flexibility index (Phi) is 12.8. The molecule has 0 bridgehead atoms. The Hall–Kier alpha value is -0.160. The first kappa shape index (κ1) is 24.9. The van der Waals surface area contributed by atoms with E-state index in [1.165, 1.54) is 26.2 Å². The second kappa shape index (κ2) is 13.9. The van der Waals surface area contributed by atoms with Crippen molar-refractivity contribution >= 4 is 29.9 Å². The molecule has 0 amide bonds. The van der Waals surface area contributed by atoms with Crippen LogP contribution in [0.25, 0.3) is 0 Å². The van der Waals surface area contributed by atoms with Crippen molar-refractivity contribution in [2.75, 3.05) is 85.7 Å². The number of likely N-dealkylation sites (N-methyl/N-ethyl adjacent to an activating group) is 1. The number of hydrogen-bond donors (Lipinski definition) is 2. The Labute approximate surface area is 183 Å². The standard InChI is InChI=1S/C19H40N6O.HI/c1-5-20-19(22-15-18(3)25-10-12-26-13-11-25)21-14-17(2)16-24-8-6-23(4)7-9-24;/h17-18H,5-16H2,1-4H3,(H2,20,21,22);1H. The van der Waals surface area contributed by atoms with E-state index in [-0.39, 0.29) is 24.0 Å². The number of aliphatic imine (C=N–C) groups is 1. The quantitative estimate of drug-likeness (QED) is 0.294. The van der Waals surface area contributed by atoms with Gasteiger partial charge in [0.05, 0.1) is 13.2 Å². The summed E-state index contributed by atoms with van der Waals surface area (Å²) in [6.07, 6.45) is 0. The molecule has 0 aliphatic carbocycles. The number of morpholine rings is 1. The summed E-state index contributed by atoms with van der Waals surface area (Å²) in [4.78, 5) is 12.3. The van der Waals surface area contributed by atoms with Crippen LogP contribution in [0.5, 0.6) is 0 Å². The molecule has 2 N–H and O–H groups in total. The molecular formula is C19H41IN6O. The molecule has 2 atom stereocenters. The number of halogens is 1. The van der Waals surface area contributed by atoms with Crippen molar-refractivity contribution < 1.29 is 4.74 Å². The van der Waals surface area contributed by atoms with E-state index in [9.17, 15) is 0 Å². The average molecular weight is 496 g/mol. The van der Waals surface area contributed by atoms with E-state index in [1.54, 1.807) is 0 Å². The van der Waals surface area contributed by atoms with Crippen molar-refractivity contribution in [2.45, 2.75) is 26.8 Å². The number of hydrogen-bond acceptors (Lipinski definition) is 5. The maximum absolute atomic E-state index is 5.44. The van der Waals surface area contributed by atoms with E-state index >= 15 is 0 Å². The number of rotatable bonds is 8. The fourth-order valence-corrected chi connectivity index (χ4v) is 3.51. The van der Waals surface area contributed by atoms with Gasteiger partial charge in [-0.2, -0.15) is 0 Å². The molecule has 2 saturated heterocycles. The van der Waals surface area contributed by atoms with Gasteiger partial charge in [0.15, 0.2) is 5.96 Å². The zero-order valence-electron chi connectivity index (χ0n) is 17.7. The minimum absolute atomic E-state index is 0. The lowest BCUT2D eigenvalue weighted by atomic mass is 10.1. The molecule has 2 rings (SSSR count). The molecule has 0 spiro atoms. The third kappa shape index (κ3) is 9.74. The highest BCUT2D eigenvalue weighted by atomic mass is 127. The summed E-state index contributed by atoms with van der Waals surface area (Å²) in [6, 6.07) is 0.491. The van der Waals surface area contributed by atoms with Gasteiger partial charge in [0, 0.05) is 71.5 Å². The predicted octanol–water partition coefficient (Wildman–Crippen LogP) is 0.764. The van der Waals surface area contributed by atoms with Gasteiger partial charge in [-0.05, 0) is 26.8 Å². The van der Waals surface area contributed by atoms with Crippen LogP contribution in [0, 0.1) is 5.92 Å². The third-order valence-electron chi connectivity index (χ3n) is 5.31. The Morgan fingerprint density at radius 2 is 1.70 bits per heavy atom. The second-order valence-corrected chi connectivity index (χ2v) is 7.81. The lowest BCUT2D eigenvalue weighted by Crippen LogP contribution is -2.49. The first-order valence-electron chi connectivity index (χ1n) is 10.3. The van der Waals surface area contributed by atoms with E-state index < -0.39 is 0 Å². The van der Waals surface area contributed by atoms with Crippen molar-refractivity contribution in [3.63, 3.8) is 0 Å². The third-order valence-corrected chi connectivity index (χ3v) is 5.31. The molecule has 2 heterocycles. The molecule has 0 saturated carbocycles. The van der Waals surface area contributed by atoms with Crippen molar-refractivity contribution in [3.8, 4) is 0 Å². The van der Waals surface area contributed by atoms with Crippen LogP contribution < -0.4 is 10.6 Å². The average Bonchev–Trinajstić information content (AvgIpc) is 2.66. The molecular weight excluding hydrogens is 455 g/mol. The molecule has 2 aliphatic rings. The van der Waals surface area contributed by atoms with Gasteiger partial charge in [0.1, 0.15) is 0 Å². The molecule has 0 aromatic heterocycles. The van der Waals surface area contributed by atoms with Crippen LogP contribution in [0.4, 0.5) is 0 Å². The molecule has 0 radical (unpaired) electrons. The summed E-state index contributed by atoms with van der Waals surface area (Å²) in [5, 5.41) is 6.90. The second-order valence-electron chi connectivity index (χ2n) is 7.81. The van der Waals surface area contributed by atoms with Gasteiger partial charge in [0.25, 0.3) is 0 Å². The van der Waals surface area contributed by atoms with Gasteiger partial charge in [-0.15, -0.1) is 24.0 Å². The van der Waals surface area contributed by atoms with Crippen LogP contribution in [0.3, 0.4) is 0 Å². The summed E-state index contributed by atoms with van der Waals surface area (Å²) in [5.74, 6) is 1.52. The summed E-state index contributed by atoms with van der Waals surface area (Å²) < 4.78 is 5.44. The molecule has 27 heavy (non-hydrogen) atoms. The lowest BCUT2D eigenvalue weighted by molar-refractivity contribution is 0.0211. The first-order valence-corrected chi connectivity index (χ1v) is 10.3. The maximum atomic E-state index is 5.44. The van der Waals surface area contributed by atoms with E-state index in [4.69, 9.17) is 9.73 Å². The van der Waals surface area contributed by atoms with Crippen molar-refractivity contribution in [1.82, 2.24) is 25.3 Å². The van der Waals surface area contributed by atoms with Gasteiger partial charge >= 0.3 is 0 Å². The van der Waals surface area contributed by atoms with Crippen LogP contribution in [-0.2, 0) is 4.74 Å². The first-order chi connectivity index (χ1) is 12.6. The van der Waals surface area contributed by atoms with Crippen molar-refractivity contribution in [1.29, 1.82) is 0 Å². The molecule has 2 unspecified atom stereocenters. The topological polar surface area (TPSA) is 55.4 Å². The van der Waals surface area contributed by atoms with Crippen LogP contribution in [0.15, 0.2) is 4.99 Å². The Balaban J connectivity index is 0.00000364. The van der Waals surface area contributed by atoms with Crippen molar-refractivity contribution in [2.24, 2.45) is 10.9 Å². The number of piperazine rings is 1. The largest absolute Gasteiger partial charge is 0.379 e. The van der Waals surface area contributed by atoms with E-state index in [0.717, 1.165) is 58.4 Å². The number of nitrogens with one attached hydrogen (secondary N) is 2. The smallest absolute Gasteiger partial charge is 0.191 e. The fraction of sp³-hybridized carbons (Fsp3) is 0.947. The van der Waals surface area contributed by atoms with Crippen LogP contribution in [0.2, 0.25) is 0 Å². The normalized spacial score (nSPS) is 22.7. The van der Waals surface area contributed by atoms with Gasteiger partial charge in [0.2, 0.25) is 0 Å². The molecule has 0 aromatic rings. The Morgan fingerprint density at radius 1 is 1.04 bits per heavy atom. The summed E-state index contributed by atoms with van der Waals surface area (Å²) in [6.45, 7) is 19.0. The van der Waals surface area contributed by atoms with Crippen LogP contribution >= 0.6 is 24.0 Å². The summed E-state index contributed by atoms with van der Waals surface area (Å²) in [5.41, 5.74) is 0. The molecule has 2 fully saturated rings. The van der Waals surface area contributed by atoms with Crippen molar-refractivity contribution in [3.05, 3.63) is 0 Å². The van der Waals surface area contributed by atoms with Gasteiger partial charge in [-0.25, -0.2) is 0 Å². The van der Waals surface area contributed by atoms with Gasteiger partial charge in [-0.3, -0.25) is 9.89 Å². The minimum atomic E-state index is 0. The summed E-state index contributed by atoms with van der Waals surface area (Å²) in [7, 11) is 2.21. The predicted molar refractivity (Wildman–Crippen MR) is 124 cm³/mol.